The van der Waals surface area contributed by atoms with Gasteiger partial charge in [-0.1, -0.05) is 59.2 Å². The first-order valence-corrected chi connectivity index (χ1v) is 10.6. The summed E-state index contributed by atoms with van der Waals surface area (Å²) in [4.78, 5) is 18.8. The van der Waals surface area contributed by atoms with Gasteiger partial charge >= 0.3 is 0 Å². The van der Waals surface area contributed by atoms with Crippen LogP contribution in [0.4, 0.5) is 0 Å². The second-order valence-corrected chi connectivity index (χ2v) is 8.55. The van der Waals surface area contributed by atoms with Crippen LogP contribution in [0.3, 0.4) is 0 Å². The van der Waals surface area contributed by atoms with Gasteiger partial charge in [-0.05, 0) is 66.0 Å². The van der Waals surface area contributed by atoms with Gasteiger partial charge in [0.05, 0.1) is 0 Å². The van der Waals surface area contributed by atoms with Gasteiger partial charge in [0.1, 0.15) is 6.29 Å². The Morgan fingerprint density at radius 2 is 1.85 bits per heavy atom. The van der Waals surface area contributed by atoms with Crippen LogP contribution < -0.4 is 5.32 Å². The lowest BCUT2D eigenvalue weighted by molar-refractivity contribution is -0.109. The molecule has 152 valence electrons. The Bertz CT molecular complexity index is 582. The Balaban J connectivity index is 0.000000279. The van der Waals surface area contributed by atoms with Crippen molar-refractivity contribution >= 4 is 12.7 Å². The largest absolute Gasteiger partial charge is 0.358 e. The number of carbonyl (C=O) groups is 2. The van der Waals surface area contributed by atoms with Crippen molar-refractivity contribution < 1.29 is 9.59 Å². The molecule has 3 heteroatoms. The van der Waals surface area contributed by atoms with Gasteiger partial charge in [0.2, 0.25) is 6.41 Å². The molecule has 0 spiro atoms. The van der Waals surface area contributed by atoms with Crippen LogP contribution in [-0.4, -0.2) is 19.2 Å². The van der Waals surface area contributed by atoms with Gasteiger partial charge in [-0.25, -0.2) is 0 Å². The molecule has 1 aromatic rings. The second kappa shape index (κ2) is 11.9. The first kappa shape index (κ1) is 23.4. The maximum atomic E-state index is 9.60. The van der Waals surface area contributed by atoms with E-state index in [1.54, 1.807) is 11.1 Å². The van der Waals surface area contributed by atoms with E-state index in [1.807, 2.05) is 6.92 Å². The zero-order chi connectivity index (χ0) is 20.4. The molecule has 0 saturated heterocycles. The van der Waals surface area contributed by atoms with Crippen LogP contribution in [0, 0.1) is 24.7 Å². The van der Waals surface area contributed by atoms with Crippen molar-refractivity contribution in [3.63, 3.8) is 0 Å². The van der Waals surface area contributed by atoms with Crippen molar-refractivity contribution in [2.75, 3.05) is 6.54 Å². The molecule has 0 radical (unpaired) electrons. The Labute approximate surface area is 166 Å². The monoisotopic (exact) mass is 373 g/mol. The number of hydrogen-bond donors (Lipinski definition) is 1. The quantitative estimate of drug-likeness (QED) is 0.697. The lowest BCUT2D eigenvalue weighted by atomic mass is 9.72. The van der Waals surface area contributed by atoms with Crippen molar-refractivity contribution in [1.29, 1.82) is 0 Å². The molecule has 4 atom stereocenters. The number of benzene rings is 1. The molecule has 0 aliphatic heterocycles. The highest BCUT2D eigenvalue weighted by atomic mass is 16.1. The molecular formula is C24H39NO2. The van der Waals surface area contributed by atoms with Crippen LogP contribution in [0.5, 0.6) is 0 Å². The Hall–Kier alpha value is -1.64. The Kier molecular flexibility index (Phi) is 10.4. The summed E-state index contributed by atoms with van der Waals surface area (Å²) < 4.78 is 0. The summed E-state index contributed by atoms with van der Waals surface area (Å²) in [5.74, 6) is 4.11. The fourth-order valence-electron chi connectivity index (χ4n) is 4.51. The minimum atomic E-state index is 0.560. The van der Waals surface area contributed by atoms with Crippen LogP contribution >= 0.6 is 0 Å². The number of nitrogens with one attached hydrogen (secondary N) is 1. The molecule has 0 aromatic heterocycles. The normalized spacial score (nSPS) is 25.1. The molecule has 4 unspecified atom stereocenters. The fourth-order valence-corrected chi connectivity index (χ4v) is 4.51. The number of carbonyl (C=O) groups excluding carboxylic acids is 2. The molecule has 1 amide bonds. The van der Waals surface area contributed by atoms with E-state index in [9.17, 15) is 9.59 Å². The number of rotatable bonds is 4. The molecule has 1 aromatic carbocycles. The first-order valence-electron chi connectivity index (χ1n) is 10.6. The number of fused-ring (bicyclic) bond motifs is 3. The first-order chi connectivity index (χ1) is 12.9. The minimum absolute atomic E-state index is 0.560. The van der Waals surface area contributed by atoms with Crippen LogP contribution in [0.2, 0.25) is 0 Å². The maximum Gasteiger partial charge on any atom is 0.207 e. The molecule has 2 aliphatic carbocycles. The fraction of sp³-hybridized carbons (Fsp3) is 0.667. The van der Waals surface area contributed by atoms with Gasteiger partial charge in [0.25, 0.3) is 0 Å². The molecular weight excluding hydrogens is 334 g/mol. The van der Waals surface area contributed by atoms with E-state index >= 15 is 0 Å². The Morgan fingerprint density at radius 3 is 2.37 bits per heavy atom. The molecule has 1 N–H and O–H groups in total. The summed E-state index contributed by atoms with van der Waals surface area (Å²) in [6.07, 6.45) is 6.54. The highest BCUT2D eigenvalue weighted by Crippen LogP contribution is 2.54. The van der Waals surface area contributed by atoms with E-state index in [-0.39, 0.29) is 0 Å². The SMILES string of the molecule is CC(C)CNC=O.CCC=O.Cc1cccc2c1C(C)C1CC(C)CCC21. The van der Waals surface area contributed by atoms with Crippen LogP contribution in [-0.2, 0) is 9.59 Å². The molecule has 1 fully saturated rings. The van der Waals surface area contributed by atoms with Crippen molar-refractivity contribution in [3.05, 3.63) is 34.9 Å². The van der Waals surface area contributed by atoms with Gasteiger partial charge in [-0.15, -0.1) is 0 Å². The van der Waals surface area contributed by atoms with Crippen molar-refractivity contribution in [2.24, 2.45) is 17.8 Å². The highest BCUT2D eigenvalue weighted by molar-refractivity contribution is 5.48. The van der Waals surface area contributed by atoms with E-state index in [1.165, 1.54) is 24.8 Å². The lowest BCUT2D eigenvalue weighted by Crippen LogP contribution is -2.20. The Morgan fingerprint density at radius 1 is 1.19 bits per heavy atom. The average molecular weight is 374 g/mol. The molecule has 1 saturated carbocycles. The maximum absolute atomic E-state index is 9.60. The van der Waals surface area contributed by atoms with Gasteiger partial charge in [0, 0.05) is 13.0 Å². The van der Waals surface area contributed by atoms with E-state index in [0.717, 1.165) is 42.9 Å². The van der Waals surface area contributed by atoms with Gasteiger partial charge < -0.3 is 10.1 Å². The number of hydrogen-bond acceptors (Lipinski definition) is 2. The summed E-state index contributed by atoms with van der Waals surface area (Å²) >= 11 is 0. The van der Waals surface area contributed by atoms with Gasteiger partial charge in [-0.3, -0.25) is 4.79 Å². The molecule has 2 aliphatic rings. The zero-order valence-corrected chi connectivity index (χ0v) is 18.1. The van der Waals surface area contributed by atoms with Crippen molar-refractivity contribution in [3.8, 4) is 0 Å². The van der Waals surface area contributed by atoms with Crippen molar-refractivity contribution in [2.45, 2.75) is 79.1 Å². The average Bonchev–Trinajstić information content (AvgIpc) is 2.94. The van der Waals surface area contributed by atoms with E-state index < -0.39 is 0 Å². The molecule has 3 nitrogen and oxygen atoms in total. The van der Waals surface area contributed by atoms with E-state index in [0.29, 0.717) is 12.3 Å². The third-order valence-electron chi connectivity index (χ3n) is 5.79. The third-order valence-corrected chi connectivity index (χ3v) is 5.79. The predicted molar refractivity (Wildman–Crippen MR) is 114 cm³/mol. The smallest absolute Gasteiger partial charge is 0.207 e. The topological polar surface area (TPSA) is 46.2 Å². The van der Waals surface area contributed by atoms with Crippen LogP contribution in [0.1, 0.15) is 88.8 Å². The van der Waals surface area contributed by atoms with E-state index in [4.69, 9.17) is 0 Å². The predicted octanol–water partition coefficient (Wildman–Crippen LogP) is 5.62. The number of aryl methyl sites for hydroxylation is 1. The zero-order valence-electron chi connectivity index (χ0n) is 18.1. The van der Waals surface area contributed by atoms with Gasteiger partial charge in [-0.2, -0.15) is 0 Å². The van der Waals surface area contributed by atoms with Crippen LogP contribution in [0.15, 0.2) is 18.2 Å². The molecule has 3 rings (SSSR count). The number of amides is 1. The van der Waals surface area contributed by atoms with Crippen LogP contribution in [0.25, 0.3) is 0 Å². The molecule has 0 heterocycles. The van der Waals surface area contributed by atoms with Gasteiger partial charge in [0.15, 0.2) is 0 Å². The summed E-state index contributed by atoms with van der Waals surface area (Å²) in [5, 5.41) is 2.57. The lowest BCUT2D eigenvalue weighted by Gasteiger charge is -2.32. The molecule has 27 heavy (non-hydrogen) atoms. The summed E-state index contributed by atoms with van der Waals surface area (Å²) in [6, 6.07) is 6.93. The second-order valence-electron chi connectivity index (χ2n) is 8.55. The number of aldehydes is 1. The minimum Gasteiger partial charge on any atom is -0.358 e. The standard InChI is InChI=1S/C16H22.C5H11NO.C3H6O/c1-10-7-8-13-14-6-4-5-11(2)16(14)12(3)15(13)9-10;1-5(2)3-6-4-7;1-2-3-4/h4-6,10,12-13,15H,7-9H2,1-3H3;4-5H,3H2,1-2H3,(H,6,7);3H,2H2,1H3. The van der Waals surface area contributed by atoms with Crippen molar-refractivity contribution in [1.82, 2.24) is 5.32 Å². The van der Waals surface area contributed by atoms with E-state index in [2.05, 4.69) is 58.1 Å². The molecule has 0 bridgehead atoms. The third kappa shape index (κ3) is 6.79. The summed E-state index contributed by atoms with van der Waals surface area (Å²) in [5.41, 5.74) is 4.89. The summed E-state index contributed by atoms with van der Waals surface area (Å²) in [7, 11) is 0. The highest BCUT2D eigenvalue weighted by Gasteiger charge is 2.41. The summed E-state index contributed by atoms with van der Waals surface area (Å²) in [6.45, 7) is 13.9.